The molecule has 0 atom stereocenters. The van der Waals surface area contributed by atoms with Crippen molar-refractivity contribution < 1.29 is 9.53 Å². The molecule has 0 radical (unpaired) electrons. The molecule has 4 nitrogen and oxygen atoms in total. The van der Waals surface area contributed by atoms with Crippen molar-refractivity contribution in [3.63, 3.8) is 0 Å². The van der Waals surface area contributed by atoms with E-state index in [1.54, 1.807) is 12.1 Å². The van der Waals surface area contributed by atoms with Crippen LogP contribution < -0.4 is 0 Å². The molecule has 0 bridgehead atoms. The first-order valence-corrected chi connectivity index (χ1v) is 4.36. The summed E-state index contributed by atoms with van der Waals surface area (Å²) in [6.45, 7) is 0. The Balaban J connectivity index is 2.77. The zero-order valence-electron chi connectivity index (χ0n) is 8.10. The van der Waals surface area contributed by atoms with Gasteiger partial charge in [0.05, 0.1) is 18.2 Å². The lowest BCUT2D eigenvalue weighted by molar-refractivity contribution is 0.174. The Bertz CT molecular complexity index is 563. The van der Waals surface area contributed by atoms with E-state index < -0.39 is 6.09 Å². The molecule has 74 valence electrons. The van der Waals surface area contributed by atoms with Gasteiger partial charge in [-0.1, -0.05) is 18.2 Å². The second-order valence-electron chi connectivity index (χ2n) is 3.01. The predicted octanol–water partition coefficient (Wildman–Crippen LogP) is 2.13. The van der Waals surface area contributed by atoms with Crippen LogP contribution in [0.4, 0.5) is 4.79 Å². The number of hydrogen-bond acceptors (Lipinski definition) is 3. The molecule has 2 aromatic rings. The fourth-order valence-corrected chi connectivity index (χ4v) is 1.52. The van der Waals surface area contributed by atoms with E-state index in [2.05, 4.69) is 4.74 Å². The highest BCUT2D eigenvalue weighted by Crippen LogP contribution is 2.20. The lowest BCUT2D eigenvalue weighted by atomic mass is 10.2. The van der Waals surface area contributed by atoms with Crippen LogP contribution in [0.5, 0.6) is 0 Å². The van der Waals surface area contributed by atoms with E-state index in [1.807, 2.05) is 18.2 Å². The largest absolute Gasteiger partial charge is 0.452 e. The highest BCUT2D eigenvalue weighted by Gasteiger charge is 2.12. The van der Waals surface area contributed by atoms with Crippen molar-refractivity contribution in [2.24, 2.45) is 0 Å². The van der Waals surface area contributed by atoms with E-state index in [-0.39, 0.29) is 0 Å². The molecule has 4 heteroatoms. The quantitative estimate of drug-likeness (QED) is 0.654. The highest BCUT2D eigenvalue weighted by atomic mass is 16.5. The molecule has 1 aromatic heterocycles. The first kappa shape index (κ1) is 9.28. The maximum absolute atomic E-state index is 11.4. The summed E-state index contributed by atoms with van der Waals surface area (Å²) in [6, 6.07) is 9.24. The molecule has 1 heterocycles. The van der Waals surface area contributed by atoms with Crippen LogP contribution in [0, 0.1) is 11.3 Å². The average Bonchev–Trinajstić information content (AvgIpc) is 2.67. The highest BCUT2D eigenvalue weighted by molar-refractivity contribution is 5.93. The van der Waals surface area contributed by atoms with Crippen LogP contribution in [0.25, 0.3) is 10.9 Å². The second kappa shape index (κ2) is 3.46. The summed E-state index contributed by atoms with van der Waals surface area (Å²) < 4.78 is 5.94. The first-order valence-electron chi connectivity index (χ1n) is 4.36. The fraction of sp³-hybridized carbons (Fsp3) is 0.0909. The molecule has 0 unspecified atom stereocenters. The Hall–Kier alpha value is -2.28. The van der Waals surface area contributed by atoms with Gasteiger partial charge in [0.1, 0.15) is 6.07 Å². The Morgan fingerprint density at radius 3 is 2.87 bits per heavy atom. The summed E-state index contributed by atoms with van der Waals surface area (Å²) in [4.78, 5) is 11.4. The van der Waals surface area contributed by atoms with Crippen LogP contribution in [-0.2, 0) is 4.74 Å². The second-order valence-corrected chi connectivity index (χ2v) is 3.01. The van der Waals surface area contributed by atoms with E-state index in [1.165, 1.54) is 17.9 Å². The number of nitriles is 1. The van der Waals surface area contributed by atoms with Crippen molar-refractivity contribution in [1.29, 1.82) is 5.26 Å². The minimum Gasteiger partial charge on any atom is -0.452 e. The van der Waals surface area contributed by atoms with Crippen LogP contribution in [0.15, 0.2) is 30.5 Å². The van der Waals surface area contributed by atoms with Gasteiger partial charge in [-0.2, -0.15) is 5.26 Å². The molecular formula is C11H8N2O2. The van der Waals surface area contributed by atoms with Gasteiger partial charge in [0.2, 0.25) is 0 Å². The van der Waals surface area contributed by atoms with E-state index in [9.17, 15) is 4.79 Å². The number of carbonyl (C=O) groups excluding carboxylic acids is 1. The molecular weight excluding hydrogens is 192 g/mol. The first-order chi connectivity index (χ1) is 7.27. The van der Waals surface area contributed by atoms with Gasteiger partial charge < -0.3 is 4.74 Å². The maximum Gasteiger partial charge on any atom is 0.418 e. The number of fused-ring (bicyclic) bond motifs is 1. The van der Waals surface area contributed by atoms with E-state index in [0.717, 1.165) is 5.39 Å². The molecule has 0 aliphatic rings. The zero-order chi connectivity index (χ0) is 10.8. The number of benzene rings is 1. The van der Waals surface area contributed by atoms with Crippen molar-refractivity contribution in [1.82, 2.24) is 4.57 Å². The monoisotopic (exact) mass is 200 g/mol. The topological polar surface area (TPSA) is 55.0 Å². The van der Waals surface area contributed by atoms with Gasteiger partial charge >= 0.3 is 6.09 Å². The summed E-state index contributed by atoms with van der Waals surface area (Å²) in [5, 5.41) is 9.64. The molecule has 15 heavy (non-hydrogen) atoms. The Labute approximate surface area is 86.3 Å². The predicted molar refractivity (Wildman–Crippen MR) is 54.5 cm³/mol. The van der Waals surface area contributed by atoms with Gasteiger partial charge in [0.25, 0.3) is 0 Å². The summed E-state index contributed by atoms with van der Waals surface area (Å²) >= 11 is 0. The molecule has 1 aromatic carbocycles. The van der Waals surface area contributed by atoms with Crippen LogP contribution in [-0.4, -0.2) is 17.8 Å². The van der Waals surface area contributed by atoms with E-state index >= 15 is 0 Å². The van der Waals surface area contributed by atoms with Gasteiger partial charge in [0.15, 0.2) is 0 Å². The molecule has 0 saturated heterocycles. The average molecular weight is 200 g/mol. The Morgan fingerprint density at radius 2 is 2.20 bits per heavy atom. The standard InChI is InChI=1S/C11H8N2O2/c1-15-11(14)13-7-8(6-12)9-4-2-3-5-10(9)13/h2-5,7H,1H3. The van der Waals surface area contributed by atoms with E-state index in [4.69, 9.17) is 5.26 Å². The third kappa shape index (κ3) is 1.34. The third-order valence-electron chi connectivity index (χ3n) is 2.20. The van der Waals surface area contributed by atoms with Gasteiger partial charge in [-0.15, -0.1) is 0 Å². The Kier molecular flexibility index (Phi) is 2.14. The smallest absolute Gasteiger partial charge is 0.418 e. The lowest BCUT2D eigenvalue weighted by Gasteiger charge is -2.00. The number of ether oxygens (including phenoxy) is 1. The van der Waals surface area contributed by atoms with Crippen LogP contribution >= 0.6 is 0 Å². The molecule has 0 saturated carbocycles. The van der Waals surface area contributed by atoms with Crippen LogP contribution in [0.3, 0.4) is 0 Å². The maximum atomic E-state index is 11.4. The molecule has 2 rings (SSSR count). The number of carbonyl (C=O) groups is 1. The number of aromatic nitrogens is 1. The lowest BCUT2D eigenvalue weighted by Crippen LogP contribution is -2.09. The summed E-state index contributed by atoms with van der Waals surface area (Å²) in [7, 11) is 1.31. The van der Waals surface area contributed by atoms with Crippen molar-refractivity contribution in [2.75, 3.05) is 7.11 Å². The molecule has 0 aliphatic heterocycles. The van der Waals surface area contributed by atoms with Gasteiger partial charge in [0, 0.05) is 11.6 Å². The summed E-state index contributed by atoms with van der Waals surface area (Å²) in [5.74, 6) is 0. The van der Waals surface area contributed by atoms with Crippen molar-refractivity contribution >= 4 is 17.0 Å². The molecule has 0 fully saturated rings. The molecule has 0 N–H and O–H groups in total. The third-order valence-corrected chi connectivity index (χ3v) is 2.20. The minimum atomic E-state index is -0.493. The molecule has 0 amide bonds. The van der Waals surface area contributed by atoms with Crippen LogP contribution in [0.2, 0.25) is 0 Å². The van der Waals surface area contributed by atoms with Gasteiger partial charge in [-0.3, -0.25) is 4.57 Å². The SMILES string of the molecule is COC(=O)n1cc(C#N)c2ccccc21. The Morgan fingerprint density at radius 1 is 1.47 bits per heavy atom. The van der Waals surface area contributed by atoms with Crippen molar-refractivity contribution in [2.45, 2.75) is 0 Å². The number of rotatable bonds is 0. The number of para-hydroxylation sites is 1. The van der Waals surface area contributed by atoms with Crippen molar-refractivity contribution in [3.05, 3.63) is 36.0 Å². The number of hydrogen-bond donors (Lipinski definition) is 0. The number of methoxy groups -OCH3 is 1. The van der Waals surface area contributed by atoms with Gasteiger partial charge in [-0.25, -0.2) is 4.79 Å². The van der Waals surface area contributed by atoms with Gasteiger partial charge in [-0.05, 0) is 6.07 Å². The fourth-order valence-electron chi connectivity index (χ4n) is 1.52. The summed E-state index contributed by atoms with van der Waals surface area (Å²) in [5.41, 5.74) is 1.15. The summed E-state index contributed by atoms with van der Waals surface area (Å²) in [6.07, 6.45) is 0.990. The zero-order valence-corrected chi connectivity index (χ0v) is 8.10. The molecule has 0 aliphatic carbocycles. The molecule has 0 spiro atoms. The van der Waals surface area contributed by atoms with E-state index in [0.29, 0.717) is 11.1 Å². The van der Waals surface area contributed by atoms with Crippen molar-refractivity contribution in [3.8, 4) is 6.07 Å². The normalized spacial score (nSPS) is 9.87. The number of nitrogens with zero attached hydrogens (tertiary/aromatic N) is 2. The minimum absolute atomic E-state index is 0.469. The van der Waals surface area contributed by atoms with Crippen LogP contribution in [0.1, 0.15) is 5.56 Å².